The molecule has 0 fully saturated rings. The average Bonchev–Trinajstić information content (AvgIpc) is 2.49. The van der Waals surface area contributed by atoms with Gasteiger partial charge < -0.3 is 18.9 Å². The second-order valence-electron chi connectivity index (χ2n) is 4.51. The van der Waals surface area contributed by atoms with Crippen LogP contribution < -0.4 is 14.2 Å². The van der Waals surface area contributed by atoms with Crippen molar-refractivity contribution in [2.24, 2.45) is 0 Å². The van der Waals surface area contributed by atoms with Crippen LogP contribution in [0.3, 0.4) is 0 Å². The van der Waals surface area contributed by atoms with Crippen LogP contribution >= 0.6 is 0 Å². The van der Waals surface area contributed by atoms with Crippen molar-refractivity contribution in [3.63, 3.8) is 0 Å². The zero-order valence-electron chi connectivity index (χ0n) is 13.0. The third-order valence-corrected chi connectivity index (χ3v) is 2.96. The number of carbonyl (C=O) groups is 1. The largest absolute Gasteiger partial charge is 0.493 e. The molecule has 0 aliphatic heterocycles. The van der Waals surface area contributed by atoms with Gasteiger partial charge in [-0.05, 0) is 31.4 Å². The van der Waals surface area contributed by atoms with Gasteiger partial charge in [0.05, 0.1) is 27.9 Å². The molecule has 0 aliphatic rings. The zero-order chi connectivity index (χ0) is 15.8. The predicted octanol–water partition coefficient (Wildman–Crippen LogP) is 2.76. The monoisotopic (exact) mass is 294 g/mol. The average molecular weight is 294 g/mol. The fourth-order valence-corrected chi connectivity index (χ4v) is 1.91. The fraction of sp³-hybridized carbons (Fsp3) is 0.438. The summed E-state index contributed by atoms with van der Waals surface area (Å²) in [7, 11) is 4.73. The Balaban J connectivity index is 2.71. The summed E-state index contributed by atoms with van der Waals surface area (Å²) in [5.41, 5.74) is 1.38. The Morgan fingerprint density at radius 1 is 1.10 bits per heavy atom. The van der Waals surface area contributed by atoms with E-state index >= 15 is 0 Å². The molecule has 0 spiro atoms. The van der Waals surface area contributed by atoms with Gasteiger partial charge in [-0.2, -0.15) is 0 Å². The highest BCUT2D eigenvalue weighted by molar-refractivity contribution is 5.86. The van der Waals surface area contributed by atoms with Gasteiger partial charge in [0.1, 0.15) is 0 Å². The smallest absolute Gasteiger partial charge is 0.333 e. The van der Waals surface area contributed by atoms with E-state index in [1.807, 2.05) is 12.1 Å². The molecule has 21 heavy (non-hydrogen) atoms. The van der Waals surface area contributed by atoms with Crippen molar-refractivity contribution >= 4 is 5.97 Å². The molecule has 0 unspecified atom stereocenters. The highest BCUT2D eigenvalue weighted by Gasteiger charge is 2.15. The van der Waals surface area contributed by atoms with Crippen LogP contribution in [0.15, 0.2) is 24.3 Å². The van der Waals surface area contributed by atoms with Crippen molar-refractivity contribution in [1.29, 1.82) is 0 Å². The molecule has 0 N–H and O–H groups in total. The van der Waals surface area contributed by atoms with E-state index in [2.05, 4.69) is 6.58 Å². The maximum absolute atomic E-state index is 11.3. The molecule has 0 aromatic heterocycles. The Morgan fingerprint density at radius 2 is 1.76 bits per heavy atom. The minimum absolute atomic E-state index is 0.337. The van der Waals surface area contributed by atoms with Gasteiger partial charge in [-0.1, -0.05) is 12.6 Å². The van der Waals surface area contributed by atoms with E-state index in [4.69, 9.17) is 18.9 Å². The van der Waals surface area contributed by atoms with Crippen LogP contribution in [-0.2, 0) is 16.0 Å². The summed E-state index contributed by atoms with van der Waals surface area (Å²) in [6.07, 6.45) is 1.39. The zero-order valence-corrected chi connectivity index (χ0v) is 13.0. The number of methoxy groups -OCH3 is 3. The Bertz CT molecular complexity index is 508. The van der Waals surface area contributed by atoms with Crippen molar-refractivity contribution in [3.05, 3.63) is 29.8 Å². The van der Waals surface area contributed by atoms with Crippen molar-refractivity contribution in [1.82, 2.24) is 0 Å². The molecule has 0 amide bonds. The first-order valence-electron chi connectivity index (χ1n) is 6.65. The molecule has 0 bridgehead atoms. The molecule has 5 heteroatoms. The van der Waals surface area contributed by atoms with Crippen molar-refractivity contribution in [2.75, 3.05) is 27.9 Å². The number of benzene rings is 1. The minimum atomic E-state index is -0.366. The number of aryl methyl sites for hydroxylation is 1. The first-order valence-corrected chi connectivity index (χ1v) is 6.65. The van der Waals surface area contributed by atoms with E-state index in [1.165, 1.54) is 0 Å². The number of ether oxygens (including phenoxy) is 4. The maximum atomic E-state index is 11.3. The fourth-order valence-electron chi connectivity index (χ4n) is 1.91. The summed E-state index contributed by atoms with van der Waals surface area (Å²) < 4.78 is 21.0. The molecule has 0 atom stereocenters. The summed E-state index contributed by atoms with van der Waals surface area (Å²) in [4.78, 5) is 11.3. The van der Waals surface area contributed by atoms with E-state index in [-0.39, 0.29) is 5.97 Å². The second-order valence-corrected chi connectivity index (χ2v) is 4.51. The molecule has 0 saturated heterocycles. The molecule has 5 nitrogen and oxygen atoms in total. The lowest BCUT2D eigenvalue weighted by Crippen LogP contribution is -2.07. The number of rotatable bonds is 8. The Labute approximate surface area is 125 Å². The predicted molar refractivity (Wildman–Crippen MR) is 80.2 cm³/mol. The summed E-state index contributed by atoms with van der Waals surface area (Å²) in [6.45, 7) is 5.50. The van der Waals surface area contributed by atoms with Crippen LogP contribution in [0.4, 0.5) is 0 Å². The first-order chi connectivity index (χ1) is 10.0. The normalized spacial score (nSPS) is 9.90. The molecule has 1 aromatic rings. The van der Waals surface area contributed by atoms with E-state index in [0.717, 1.165) is 5.56 Å². The Hall–Kier alpha value is -2.17. The van der Waals surface area contributed by atoms with Gasteiger partial charge in [-0.15, -0.1) is 0 Å². The second kappa shape index (κ2) is 8.19. The topological polar surface area (TPSA) is 54.0 Å². The van der Waals surface area contributed by atoms with E-state index in [1.54, 1.807) is 28.3 Å². The van der Waals surface area contributed by atoms with Gasteiger partial charge in [-0.3, -0.25) is 0 Å². The van der Waals surface area contributed by atoms with Crippen molar-refractivity contribution in [3.8, 4) is 17.2 Å². The molecule has 0 aliphatic carbocycles. The van der Waals surface area contributed by atoms with E-state index < -0.39 is 0 Å². The lowest BCUT2D eigenvalue weighted by atomic mass is 10.1. The summed E-state index contributed by atoms with van der Waals surface area (Å²) in [5.74, 6) is 1.46. The van der Waals surface area contributed by atoms with Crippen molar-refractivity contribution < 1.29 is 23.7 Å². The quantitative estimate of drug-likeness (QED) is 0.419. The van der Waals surface area contributed by atoms with E-state index in [9.17, 15) is 4.79 Å². The molecule has 1 aromatic carbocycles. The van der Waals surface area contributed by atoms with Crippen LogP contribution in [-0.4, -0.2) is 33.9 Å². The summed E-state index contributed by atoms with van der Waals surface area (Å²) in [5, 5.41) is 0. The van der Waals surface area contributed by atoms with E-state index in [0.29, 0.717) is 42.3 Å². The molecule has 0 saturated carbocycles. The van der Waals surface area contributed by atoms with Gasteiger partial charge >= 0.3 is 5.97 Å². The standard InChI is InChI=1S/C16H22O5/c1-11(2)16(17)21-10-6-7-12-8-9-13(18-3)15(20-5)14(12)19-4/h8-9H,1,6-7,10H2,2-5H3. The Morgan fingerprint density at radius 3 is 2.29 bits per heavy atom. The number of hydrogen-bond donors (Lipinski definition) is 0. The molecule has 0 radical (unpaired) electrons. The van der Waals surface area contributed by atoms with Gasteiger partial charge in [0, 0.05) is 5.57 Å². The van der Waals surface area contributed by atoms with Gasteiger partial charge in [0.2, 0.25) is 5.75 Å². The summed E-state index contributed by atoms with van der Waals surface area (Å²) in [6, 6.07) is 3.75. The van der Waals surface area contributed by atoms with Crippen LogP contribution in [0.1, 0.15) is 18.9 Å². The number of hydrogen-bond acceptors (Lipinski definition) is 5. The molecular weight excluding hydrogens is 272 g/mol. The SMILES string of the molecule is C=C(C)C(=O)OCCCc1ccc(OC)c(OC)c1OC. The third-order valence-electron chi connectivity index (χ3n) is 2.96. The molecule has 0 heterocycles. The Kier molecular flexibility index (Phi) is 6.59. The molecular formula is C16H22O5. The lowest BCUT2D eigenvalue weighted by Gasteiger charge is -2.15. The van der Waals surface area contributed by atoms with Gasteiger partial charge in [0.15, 0.2) is 11.5 Å². The maximum Gasteiger partial charge on any atom is 0.333 e. The number of carbonyl (C=O) groups excluding carboxylic acids is 1. The van der Waals surface area contributed by atoms with Crippen LogP contribution in [0, 0.1) is 0 Å². The number of esters is 1. The van der Waals surface area contributed by atoms with Gasteiger partial charge in [0.25, 0.3) is 0 Å². The lowest BCUT2D eigenvalue weighted by molar-refractivity contribution is -0.139. The third kappa shape index (κ3) is 4.41. The molecule has 116 valence electrons. The summed E-state index contributed by atoms with van der Waals surface area (Å²) >= 11 is 0. The minimum Gasteiger partial charge on any atom is -0.493 e. The van der Waals surface area contributed by atoms with Crippen LogP contribution in [0.25, 0.3) is 0 Å². The highest BCUT2D eigenvalue weighted by atomic mass is 16.5. The van der Waals surface area contributed by atoms with Crippen molar-refractivity contribution in [2.45, 2.75) is 19.8 Å². The van der Waals surface area contributed by atoms with Crippen LogP contribution in [0.5, 0.6) is 17.2 Å². The van der Waals surface area contributed by atoms with Crippen LogP contribution in [0.2, 0.25) is 0 Å². The first kappa shape index (κ1) is 16.9. The highest BCUT2D eigenvalue weighted by Crippen LogP contribution is 2.40. The molecule has 1 rings (SSSR count). The van der Waals surface area contributed by atoms with Gasteiger partial charge in [-0.25, -0.2) is 4.79 Å².